The van der Waals surface area contributed by atoms with E-state index < -0.39 is 0 Å². The van der Waals surface area contributed by atoms with Gasteiger partial charge in [-0.1, -0.05) is 54.6 Å². The second-order valence-corrected chi connectivity index (χ2v) is 6.50. The Kier molecular flexibility index (Phi) is 4.61. The van der Waals surface area contributed by atoms with E-state index in [2.05, 4.69) is 64.9 Å². The van der Waals surface area contributed by atoms with Gasteiger partial charge in [0.05, 0.1) is 5.52 Å². The van der Waals surface area contributed by atoms with Crippen molar-refractivity contribution >= 4 is 16.6 Å². The Hall–Kier alpha value is -3.20. The average molecular weight is 339 g/mol. The number of aromatic nitrogens is 2. The molecule has 0 fully saturated rings. The van der Waals surface area contributed by atoms with Crippen LogP contribution in [0, 0.1) is 6.92 Å². The Labute approximate surface area is 153 Å². The minimum absolute atomic E-state index is 0.776. The van der Waals surface area contributed by atoms with Gasteiger partial charge in [-0.3, -0.25) is 9.97 Å². The van der Waals surface area contributed by atoms with Crippen molar-refractivity contribution in [3.05, 3.63) is 102 Å². The summed E-state index contributed by atoms with van der Waals surface area (Å²) < 4.78 is 0. The molecule has 1 N–H and O–H groups in total. The normalized spacial score (nSPS) is 10.8. The van der Waals surface area contributed by atoms with Crippen LogP contribution in [-0.4, -0.2) is 9.97 Å². The summed E-state index contributed by atoms with van der Waals surface area (Å²) in [5.41, 5.74) is 6.65. The number of fused-ring (bicyclic) bond motifs is 1. The third-order valence-electron chi connectivity index (χ3n) is 4.45. The standard InChI is InChI=1S/C23H21N3/c1-17-11-12-19(16-24-17)13-20-14-23(21-9-5-6-10-22(21)26-20)25-15-18-7-3-2-4-8-18/h2-12,14,16H,13,15H2,1H3,(H,25,26). The lowest BCUT2D eigenvalue weighted by Gasteiger charge is -2.12. The Balaban J connectivity index is 1.65. The summed E-state index contributed by atoms with van der Waals surface area (Å²) in [5, 5.41) is 4.73. The Morgan fingerprint density at radius 2 is 1.65 bits per heavy atom. The lowest BCUT2D eigenvalue weighted by Crippen LogP contribution is -2.02. The van der Waals surface area contributed by atoms with Crippen molar-refractivity contribution in [1.29, 1.82) is 0 Å². The second-order valence-electron chi connectivity index (χ2n) is 6.50. The molecule has 0 aliphatic heterocycles. The van der Waals surface area contributed by atoms with E-state index >= 15 is 0 Å². The first-order valence-electron chi connectivity index (χ1n) is 8.86. The molecule has 0 saturated carbocycles. The Bertz CT molecular complexity index is 1010. The number of rotatable bonds is 5. The molecule has 3 heteroatoms. The highest BCUT2D eigenvalue weighted by Gasteiger charge is 2.07. The summed E-state index contributed by atoms with van der Waals surface area (Å²) >= 11 is 0. The maximum atomic E-state index is 4.84. The summed E-state index contributed by atoms with van der Waals surface area (Å²) in [7, 11) is 0. The van der Waals surface area contributed by atoms with Gasteiger partial charge in [0.2, 0.25) is 0 Å². The molecule has 26 heavy (non-hydrogen) atoms. The number of aryl methyl sites for hydroxylation is 1. The largest absolute Gasteiger partial charge is 0.380 e. The van der Waals surface area contributed by atoms with Gasteiger partial charge in [0.15, 0.2) is 0 Å². The molecule has 4 rings (SSSR count). The molecule has 0 unspecified atom stereocenters. The molecule has 2 aromatic carbocycles. The smallest absolute Gasteiger partial charge is 0.0726 e. The average Bonchev–Trinajstić information content (AvgIpc) is 2.69. The van der Waals surface area contributed by atoms with Crippen LogP contribution >= 0.6 is 0 Å². The summed E-state index contributed by atoms with van der Waals surface area (Å²) in [6.45, 7) is 2.80. The second kappa shape index (κ2) is 7.36. The maximum Gasteiger partial charge on any atom is 0.0726 e. The number of nitrogens with one attached hydrogen (secondary N) is 1. The first kappa shape index (κ1) is 16.3. The molecule has 0 aliphatic carbocycles. The van der Waals surface area contributed by atoms with E-state index in [1.165, 1.54) is 11.1 Å². The van der Waals surface area contributed by atoms with Crippen LogP contribution in [0.3, 0.4) is 0 Å². The topological polar surface area (TPSA) is 37.8 Å². The number of pyridine rings is 2. The third kappa shape index (κ3) is 3.72. The van der Waals surface area contributed by atoms with Crippen molar-refractivity contribution in [3.8, 4) is 0 Å². The summed E-state index contributed by atoms with van der Waals surface area (Å²) in [5.74, 6) is 0. The number of hydrogen-bond acceptors (Lipinski definition) is 3. The zero-order valence-corrected chi connectivity index (χ0v) is 14.8. The van der Waals surface area contributed by atoms with Gasteiger partial charge in [-0.25, -0.2) is 0 Å². The van der Waals surface area contributed by atoms with Crippen molar-refractivity contribution in [2.24, 2.45) is 0 Å². The Morgan fingerprint density at radius 3 is 2.46 bits per heavy atom. The Morgan fingerprint density at radius 1 is 0.846 bits per heavy atom. The summed E-state index contributed by atoms with van der Waals surface area (Å²) in [4.78, 5) is 9.23. The highest BCUT2D eigenvalue weighted by Crippen LogP contribution is 2.25. The predicted molar refractivity (Wildman–Crippen MR) is 107 cm³/mol. The van der Waals surface area contributed by atoms with Gasteiger partial charge in [0.25, 0.3) is 0 Å². The van der Waals surface area contributed by atoms with Crippen LogP contribution in [0.2, 0.25) is 0 Å². The first-order valence-corrected chi connectivity index (χ1v) is 8.86. The number of hydrogen-bond donors (Lipinski definition) is 1. The molecule has 0 amide bonds. The molecule has 2 aromatic heterocycles. The van der Waals surface area contributed by atoms with Gasteiger partial charge < -0.3 is 5.32 Å². The molecule has 0 radical (unpaired) electrons. The minimum atomic E-state index is 0.776. The van der Waals surface area contributed by atoms with Crippen LogP contribution in [0.4, 0.5) is 5.69 Å². The fourth-order valence-corrected chi connectivity index (χ4v) is 3.07. The van der Waals surface area contributed by atoms with Crippen LogP contribution in [0.15, 0.2) is 79.0 Å². The number of nitrogens with zero attached hydrogens (tertiary/aromatic N) is 2. The lowest BCUT2D eigenvalue weighted by atomic mass is 10.1. The molecule has 0 spiro atoms. The van der Waals surface area contributed by atoms with Gasteiger partial charge in [-0.05, 0) is 36.2 Å². The molecule has 0 atom stereocenters. The highest BCUT2D eigenvalue weighted by atomic mass is 14.9. The molecule has 128 valence electrons. The molecular formula is C23H21N3. The number of anilines is 1. The van der Waals surface area contributed by atoms with Crippen molar-refractivity contribution in [2.45, 2.75) is 19.9 Å². The van der Waals surface area contributed by atoms with Gasteiger partial charge in [0.1, 0.15) is 0 Å². The zero-order valence-electron chi connectivity index (χ0n) is 14.8. The molecule has 0 saturated heterocycles. The van der Waals surface area contributed by atoms with Crippen molar-refractivity contribution in [1.82, 2.24) is 9.97 Å². The molecule has 3 nitrogen and oxygen atoms in total. The van der Waals surface area contributed by atoms with E-state index in [1.54, 1.807) is 0 Å². The van der Waals surface area contributed by atoms with Crippen molar-refractivity contribution < 1.29 is 0 Å². The lowest BCUT2D eigenvalue weighted by molar-refractivity contribution is 1.06. The van der Waals surface area contributed by atoms with Crippen LogP contribution in [0.25, 0.3) is 10.9 Å². The fraction of sp³-hybridized carbons (Fsp3) is 0.130. The van der Waals surface area contributed by atoms with E-state index in [0.717, 1.165) is 40.9 Å². The van der Waals surface area contributed by atoms with E-state index in [-0.39, 0.29) is 0 Å². The number of para-hydroxylation sites is 1. The first-order chi connectivity index (χ1) is 12.8. The molecule has 0 aliphatic rings. The molecule has 2 heterocycles. The summed E-state index contributed by atoms with van der Waals surface area (Å²) in [6, 6.07) is 25.0. The third-order valence-corrected chi connectivity index (χ3v) is 4.45. The van der Waals surface area contributed by atoms with E-state index in [0.29, 0.717) is 0 Å². The van der Waals surface area contributed by atoms with Crippen LogP contribution in [0.5, 0.6) is 0 Å². The zero-order chi connectivity index (χ0) is 17.8. The highest BCUT2D eigenvalue weighted by molar-refractivity contribution is 5.91. The van der Waals surface area contributed by atoms with Gasteiger partial charge in [-0.2, -0.15) is 0 Å². The monoisotopic (exact) mass is 339 g/mol. The van der Waals surface area contributed by atoms with E-state index in [4.69, 9.17) is 4.98 Å². The van der Waals surface area contributed by atoms with Crippen molar-refractivity contribution in [3.63, 3.8) is 0 Å². The van der Waals surface area contributed by atoms with Gasteiger partial charge in [-0.15, -0.1) is 0 Å². The van der Waals surface area contributed by atoms with E-state index in [1.807, 2.05) is 31.3 Å². The van der Waals surface area contributed by atoms with E-state index in [9.17, 15) is 0 Å². The SMILES string of the molecule is Cc1ccc(Cc2cc(NCc3ccccc3)c3ccccc3n2)cn1. The summed E-state index contributed by atoms with van der Waals surface area (Å²) in [6.07, 6.45) is 2.71. The minimum Gasteiger partial charge on any atom is -0.380 e. The van der Waals surface area contributed by atoms with Crippen LogP contribution in [0.1, 0.15) is 22.5 Å². The van der Waals surface area contributed by atoms with Crippen LogP contribution < -0.4 is 5.32 Å². The predicted octanol–water partition coefficient (Wildman–Crippen LogP) is 5.14. The molecular weight excluding hydrogens is 318 g/mol. The molecule has 4 aromatic rings. The molecule has 0 bridgehead atoms. The maximum absolute atomic E-state index is 4.84. The fourth-order valence-electron chi connectivity index (χ4n) is 3.07. The van der Waals surface area contributed by atoms with Gasteiger partial charge >= 0.3 is 0 Å². The quantitative estimate of drug-likeness (QED) is 0.547. The van der Waals surface area contributed by atoms with Gasteiger partial charge in [0, 0.05) is 41.6 Å². The number of benzene rings is 2. The van der Waals surface area contributed by atoms with Crippen LogP contribution in [-0.2, 0) is 13.0 Å². The van der Waals surface area contributed by atoms with Crippen molar-refractivity contribution in [2.75, 3.05) is 5.32 Å².